The summed E-state index contributed by atoms with van der Waals surface area (Å²) in [5.74, 6) is 0.371. The molecule has 0 aromatic heterocycles. The van der Waals surface area contributed by atoms with Crippen LogP contribution in [0.25, 0.3) is 0 Å². The van der Waals surface area contributed by atoms with Gasteiger partial charge in [-0.05, 0) is 31.4 Å². The van der Waals surface area contributed by atoms with Crippen molar-refractivity contribution < 1.29 is 4.39 Å². The predicted octanol–water partition coefficient (Wildman–Crippen LogP) is 3.61. The summed E-state index contributed by atoms with van der Waals surface area (Å²) in [6, 6.07) is 6.92. The van der Waals surface area contributed by atoms with Crippen molar-refractivity contribution >= 4 is 0 Å². The second-order valence-electron chi connectivity index (χ2n) is 4.95. The maximum atomic E-state index is 13.6. The minimum atomic E-state index is -0.308. The molecule has 0 aliphatic rings. The largest absolute Gasteiger partial charge is 0.310 e. The van der Waals surface area contributed by atoms with Crippen molar-refractivity contribution in [3.8, 4) is 6.07 Å². The van der Waals surface area contributed by atoms with Crippen LogP contribution in [0.5, 0.6) is 0 Å². The average molecular weight is 248 g/mol. The Hall–Kier alpha value is -1.40. The first-order valence-corrected chi connectivity index (χ1v) is 6.48. The Bertz CT molecular complexity index is 423. The van der Waals surface area contributed by atoms with Gasteiger partial charge >= 0.3 is 0 Å². The number of nitriles is 1. The Morgan fingerprint density at radius 1 is 1.39 bits per heavy atom. The number of hydrogen-bond acceptors (Lipinski definition) is 2. The summed E-state index contributed by atoms with van der Waals surface area (Å²) in [6.07, 6.45) is 2.26. The van der Waals surface area contributed by atoms with Gasteiger partial charge in [0.05, 0.1) is 11.6 Å². The third kappa shape index (κ3) is 4.46. The highest BCUT2D eigenvalue weighted by molar-refractivity contribution is 5.32. The predicted molar refractivity (Wildman–Crippen MR) is 71.5 cm³/mol. The zero-order valence-electron chi connectivity index (χ0n) is 11.3. The van der Waals surface area contributed by atoms with Crippen molar-refractivity contribution in [3.05, 3.63) is 35.1 Å². The van der Waals surface area contributed by atoms with E-state index in [1.807, 2.05) is 6.07 Å². The number of rotatable bonds is 6. The maximum Gasteiger partial charge on any atom is 0.129 e. The molecular formula is C15H21FN2. The van der Waals surface area contributed by atoms with Crippen LogP contribution in [0, 0.1) is 23.1 Å². The number of nitrogens with zero attached hydrogens (tertiary/aromatic N) is 1. The molecule has 0 radical (unpaired) electrons. The molecule has 0 saturated carbocycles. The van der Waals surface area contributed by atoms with Crippen LogP contribution in [0.3, 0.4) is 0 Å². The van der Waals surface area contributed by atoms with Gasteiger partial charge in [0.25, 0.3) is 0 Å². The summed E-state index contributed by atoms with van der Waals surface area (Å²) in [5.41, 5.74) is 0.980. The van der Waals surface area contributed by atoms with Gasteiger partial charge in [-0.3, -0.25) is 0 Å². The molecule has 2 atom stereocenters. The van der Waals surface area contributed by atoms with E-state index in [2.05, 4.69) is 26.1 Å². The van der Waals surface area contributed by atoms with Crippen molar-refractivity contribution in [2.45, 2.75) is 46.2 Å². The zero-order valence-corrected chi connectivity index (χ0v) is 11.3. The Morgan fingerprint density at radius 3 is 2.67 bits per heavy atom. The molecule has 0 amide bonds. The summed E-state index contributed by atoms with van der Waals surface area (Å²) in [7, 11) is 0. The first kappa shape index (κ1) is 14.7. The minimum Gasteiger partial charge on any atom is -0.310 e. The SMILES string of the molecule is CCC(C)CC(C)NCc1ccc(C#N)cc1F. The number of nitrogens with one attached hydrogen (secondary N) is 1. The van der Waals surface area contributed by atoms with Gasteiger partial charge in [-0.2, -0.15) is 5.26 Å². The number of hydrogen-bond donors (Lipinski definition) is 1. The lowest BCUT2D eigenvalue weighted by Crippen LogP contribution is -2.27. The van der Waals surface area contributed by atoms with Gasteiger partial charge in [0.15, 0.2) is 0 Å². The van der Waals surface area contributed by atoms with Gasteiger partial charge in [-0.25, -0.2) is 4.39 Å². The van der Waals surface area contributed by atoms with E-state index in [0.29, 0.717) is 29.6 Å². The molecule has 0 heterocycles. The molecule has 2 unspecified atom stereocenters. The molecule has 3 heteroatoms. The Labute approximate surface area is 109 Å². The Kier molecular flexibility index (Phi) is 5.80. The van der Waals surface area contributed by atoms with Crippen molar-refractivity contribution in [2.24, 2.45) is 5.92 Å². The summed E-state index contributed by atoms with van der Waals surface area (Å²) < 4.78 is 13.6. The lowest BCUT2D eigenvalue weighted by Gasteiger charge is -2.17. The van der Waals surface area contributed by atoms with E-state index in [4.69, 9.17) is 5.26 Å². The molecule has 18 heavy (non-hydrogen) atoms. The normalized spacial score (nSPS) is 13.9. The molecule has 1 aromatic rings. The standard InChI is InChI=1S/C15H21FN2/c1-4-11(2)7-12(3)18-10-14-6-5-13(9-17)8-15(14)16/h5-6,8,11-12,18H,4,7,10H2,1-3H3. The van der Waals surface area contributed by atoms with E-state index in [9.17, 15) is 4.39 Å². The van der Waals surface area contributed by atoms with E-state index in [1.165, 1.54) is 6.07 Å². The third-order valence-electron chi connectivity index (χ3n) is 3.28. The highest BCUT2D eigenvalue weighted by atomic mass is 19.1. The number of benzene rings is 1. The molecule has 0 aliphatic carbocycles. The third-order valence-corrected chi connectivity index (χ3v) is 3.28. The van der Waals surface area contributed by atoms with E-state index >= 15 is 0 Å². The lowest BCUT2D eigenvalue weighted by molar-refractivity contribution is 0.409. The second kappa shape index (κ2) is 7.13. The zero-order chi connectivity index (χ0) is 13.5. The molecule has 0 spiro atoms. The van der Waals surface area contributed by atoms with Crippen LogP contribution in [-0.4, -0.2) is 6.04 Å². The summed E-state index contributed by atoms with van der Waals surface area (Å²) in [6.45, 7) is 7.03. The fourth-order valence-corrected chi connectivity index (χ4v) is 1.90. The Morgan fingerprint density at radius 2 is 2.11 bits per heavy atom. The van der Waals surface area contributed by atoms with E-state index in [-0.39, 0.29) is 5.82 Å². The monoisotopic (exact) mass is 248 g/mol. The quantitative estimate of drug-likeness (QED) is 0.834. The van der Waals surface area contributed by atoms with E-state index < -0.39 is 0 Å². The minimum absolute atomic E-state index is 0.308. The Balaban J connectivity index is 2.51. The molecule has 1 aromatic carbocycles. The van der Waals surface area contributed by atoms with Gasteiger partial charge in [0.1, 0.15) is 5.82 Å². The molecule has 0 bridgehead atoms. The van der Waals surface area contributed by atoms with Crippen molar-refractivity contribution in [3.63, 3.8) is 0 Å². The topological polar surface area (TPSA) is 35.8 Å². The van der Waals surface area contributed by atoms with Gasteiger partial charge in [-0.1, -0.05) is 26.3 Å². The summed E-state index contributed by atoms with van der Waals surface area (Å²) in [5, 5.41) is 12.0. The van der Waals surface area contributed by atoms with Crippen LogP contribution < -0.4 is 5.32 Å². The molecular weight excluding hydrogens is 227 g/mol. The van der Waals surface area contributed by atoms with Crippen LogP contribution in [0.15, 0.2) is 18.2 Å². The fourth-order valence-electron chi connectivity index (χ4n) is 1.90. The van der Waals surface area contributed by atoms with Gasteiger partial charge in [0.2, 0.25) is 0 Å². The van der Waals surface area contributed by atoms with Crippen molar-refractivity contribution in [2.75, 3.05) is 0 Å². The average Bonchev–Trinajstić information content (AvgIpc) is 2.36. The molecule has 0 aliphatic heterocycles. The second-order valence-corrected chi connectivity index (χ2v) is 4.95. The van der Waals surface area contributed by atoms with Crippen LogP contribution in [0.2, 0.25) is 0 Å². The summed E-state index contributed by atoms with van der Waals surface area (Å²) in [4.78, 5) is 0. The molecule has 1 N–H and O–H groups in total. The van der Waals surface area contributed by atoms with Crippen molar-refractivity contribution in [1.82, 2.24) is 5.32 Å². The van der Waals surface area contributed by atoms with Crippen LogP contribution in [0.1, 0.15) is 44.7 Å². The number of halogens is 1. The van der Waals surface area contributed by atoms with Crippen LogP contribution >= 0.6 is 0 Å². The highest BCUT2D eigenvalue weighted by Crippen LogP contribution is 2.12. The van der Waals surface area contributed by atoms with Gasteiger partial charge < -0.3 is 5.32 Å². The first-order chi connectivity index (χ1) is 8.56. The molecule has 0 saturated heterocycles. The fraction of sp³-hybridized carbons (Fsp3) is 0.533. The maximum absolute atomic E-state index is 13.6. The lowest BCUT2D eigenvalue weighted by atomic mass is 10.0. The van der Waals surface area contributed by atoms with Crippen LogP contribution in [-0.2, 0) is 6.54 Å². The smallest absolute Gasteiger partial charge is 0.129 e. The van der Waals surface area contributed by atoms with Gasteiger partial charge in [0, 0.05) is 18.2 Å². The molecule has 98 valence electrons. The molecule has 2 nitrogen and oxygen atoms in total. The summed E-state index contributed by atoms with van der Waals surface area (Å²) >= 11 is 0. The van der Waals surface area contributed by atoms with Gasteiger partial charge in [-0.15, -0.1) is 0 Å². The highest BCUT2D eigenvalue weighted by Gasteiger charge is 2.08. The molecule has 1 rings (SSSR count). The molecule has 0 fully saturated rings. The first-order valence-electron chi connectivity index (χ1n) is 6.48. The van der Waals surface area contributed by atoms with Crippen LogP contribution in [0.4, 0.5) is 4.39 Å². The van der Waals surface area contributed by atoms with E-state index in [1.54, 1.807) is 12.1 Å². The van der Waals surface area contributed by atoms with E-state index in [0.717, 1.165) is 12.8 Å². The van der Waals surface area contributed by atoms with Crippen molar-refractivity contribution in [1.29, 1.82) is 5.26 Å².